The van der Waals surface area contributed by atoms with Crippen molar-refractivity contribution in [3.05, 3.63) is 12.3 Å². The lowest BCUT2D eigenvalue weighted by Crippen LogP contribution is -1.87. The van der Waals surface area contributed by atoms with Crippen molar-refractivity contribution in [2.75, 3.05) is 4.84 Å². The predicted molar refractivity (Wildman–Crippen MR) is 32.7 cm³/mol. The first-order valence-corrected chi connectivity index (χ1v) is 2.57. The largest absolute Gasteiger partial charge is 0.281 e. The van der Waals surface area contributed by atoms with Gasteiger partial charge in [0, 0.05) is 31.1 Å². The molecule has 1 aromatic rings. The van der Waals surface area contributed by atoms with Gasteiger partial charge in [-0.3, -0.25) is 9.52 Å². The topological polar surface area (TPSA) is 29.9 Å². The second-order valence-corrected chi connectivity index (χ2v) is 1.66. The highest BCUT2D eigenvalue weighted by Gasteiger charge is 1.88. The summed E-state index contributed by atoms with van der Waals surface area (Å²) < 4.78 is 1.67. The molecule has 0 aliphatic carbocycles. The minimum absolute atomic E-state index is 0.675. The SMILES string of the molecule is Cn1ccc(NCl)n1. The summed E-state index contributed by atoms with van der Waals surface area (Å²) in [6.45, 7) is 0. The Labute approximate surface area is 52.4 Å². The molecule has 0 atom stereocenters. The summed E-state index contributed by atoms with van der Waals surface area (Å²) in [4.78, 5) is 2.39. The highest BCUT2D eigenvalue weighted by atomic mass is 35.5. The molecular weight excluding hydrogens is 126 g/mol. The van der Waals surface area contributed by atoms with E-state index in [1.807, 2.05) is 13.2 Å². The van der Waals surface area contributed by atoms with E-state index in [1.165, 1.54) is 0 Å². The lowest BCUT2D eigenvalue weighted by molar-refractivity contribution is 0.772. The summed E-state index contributed by atoms with van der Waals surface area (Å²) in [6.07, 6.45) is 1.81. The van der Waals surface area contributed by atoms with Gasteiger partial charge in [0.1, 0.15) is 0 Å². The minimum atomic E-state index is 0.675. The Morgan fingerprint density at radius 3 is 2.88 bits per heavy atom. The second kappa shape index (κ2) is 2.05. The van der Waals surface area contributed by atoms with Crippen LogP contribution in [0.5, 0.6) is 0 Å². The fourth-order valence-corrected chi connectivity index (χ4v) is 0.566. The molecule has 1 rings (SSSR count). The summed E-state index contributed by atoms with van der Waals surface area (Å²) in [7, 11) is 1.83. The molecule has 3 nitrogen and oxygen atoms in total. The number of aryl methyl sites for hydroxylation is 1. The van der Waals surface area contributed by atoms with Crippen molar-refractivity contribution in [2.24, 2.45) is 7.05 Å². The maximum atomic E-state index is 5.21. The van der Waals surface area contributed by atoms with E-state index in [-0.39, 0.29) is 0 Å². The van der Waals surface area contributed by atoms with Crippen molar-refractivity contribution in [2.45, 2.75) is 0 Å². The van der Waals surface area contributed by atoms with Gasteiger partial charge in [-0.1, -0.05) is 0 Å². The smallest absolute Gasteiger partial charge is 0.162 e. The van der Waals surface area contributed by atoms with Crippen LogP contribution in [0, 0.1) is 0 Å². The standard InChI is InChI=1S/C4H6ClN3/c1-8-3-2-4(6-5)7-8/h2-3H,1H3,(H,6,7). The zero-order valence-corrected chi connectivity index (χ0v) is 5.18. The number of rotatable bonds is 1. The lowest BCUT2D eigenvalue weighted by atomic mass is 10.7. The van der Waals surface area contributed by atoms with Gasteiger partial charge in [0.05, 0.1) is 0 Å². The van der Waals surface area contributed by atoms with Crippen molar-refractivity contribution < 1.29 is 0 Å². The monoisotopic (exact) mass is 131 g/mol. The van der Waals surface area contributed by atoms with Crippen LogP contribution in [-0.2, 0) is 7.05 Å². The predicted octanol–water partition coefficient (Wildman–Crippen LogP) is 0.986. The fraction of sp³-hybridized carbons (Fsp3) is 0.250. The third-order valence-electron chi connectivity index (χ3n) is 0.810. The van der Waals surface area contributed by atoms with Crippen LogP contribution in [0.25, 0.3) is 0 Å². The number of nitrogens with zero attached hydrogens (tertiary/aromatic N) is 2. The van der Waals surface area contributed by atoms with Crippen molar-refractivity contribution in [1.82, 2.24) is 9.78 Å². The van der Waals surface area contributed by atoms with E-state index in [0.29, 0.717) is 5.82 Å². The minimum Gasteiger partial charge on any atom is -0.281 e. The van der Waals surface area contributed by atoms with E-state index in [2.05, 4.69) is 9.93 Å². The molecule has 1 heterocycles. The molecule has 0 aromatic carbocycles. The van der Waals surface area contributed by atoms with Gasteiger partial charge in [0.25, 0.3) is 0 Å². The third kappa shape index (κ3) is 0.924. The quantitative estimate of drug-likeness (QED) is 0.576. The van der Waals surface area contributed by atoms with Crippen LogP contribution >= 0.6 is 11.8 Å². The number of anilines is 1. The van der Waals surface area contributed by atoms with E-state index in [9.17, 15) is 0 Å². The van der Waals surface area contributed by atoms with Crippen LogP contribution in [0.3, 0.4) is 0 Å². The van der Waals surface area contributed by atoms with Crippen molar-refractivity contribution >= 4 is 17.6 Å². The van der Waals surface area contributed by atoms with E-state index in [1.54, 1.807) is 10.7 Å². The molecule has 44 valence electrons. The fourth-order valence-electron chi connectivity index (χ4n) is 0.465. The second-order valence-electron chi connectivity index (χ2n) is 1.47. The van der Waals surface area contributed by atoms with Crippen molar-refractivity contribution in [1.29, 1.82) is 0 Å². The molecule has 1 aromatic heterocycles. The Balaban J connectivity index is 2.84. The van der Waals surface area contributed by atoms with Crippen LogP contribution in [0.2, 0.25) is 0 Å². The zero-order valence-electron chi connectivity index (χ0n) is 4.43. The van der Waals surface area contributed by atoms with Crippen LogP contribution in [0.4, 0.5) is 5.82 Å². The molecule has 8 heavy (non-hydrogen) atoms. The molecule has 0 saturated heterocycles. The van der Waals surface area contributed by atoms with Gasteiger partial charge in [0.15, 0.2) is 5.82 Å². The summed E-state index contributed by atoms with van der Waals surface area (Å²) in [5.74, 6) is 0.675. The molecular formula is C4H6ClN3. The molecule has 0 radical (unpaired) electrons. The zero-order chi connectivity index (χ0) is 5.98. The molecule has 0 spiro atoms. The van der Waals surface area contributed by atoms with Gasteiger partial charge in [-0.2, -0.15) is 5.10 Å². The van der Waals surface area contributed by atoms with Crippen LogP contribution in [-0.4, -0.2) is 9.78 Å². The van der Waals surface area contributed by atoms with E-state index in [0.717, 1.165) is 0 Å². The van der Waals surface area contributed by atoms with Crippen molar-refractivity contribution in [3.8, 4) is 0 Å². The molecule has 1 N–H and O–H groups in total. The van der Waals surface area contributed by atoms with Crippen molar-refractivity contribution in [3.63, 3.8) is 0 Å². The molecule has 4 heteroatoms. The maximum absolute atomic E-state index is 5.21. The average Bonchev–Trinajstić information content (AvgIpc) is 2.14. The molecule has 0 saturated carbocycles. The molecule has 0 amide bonds. The van der Waals surface area contributed by atoms with E-state index >= 15 is 0 Å². The number of halogens is 1. The first-order chi connectivity index (χ1) is 3.83. The molecule has 0 bridgehead atoms. The third-order valence-corrected chi connectivity index (χ3v) is 1.00. The first kappa shape index (κ1) is 5.44. The normalized spacial score (nSPS) is 9.25. The lowest BCUT2D eigenvalue weighted by Gasteiger charge is -1.85. The van der Waals surface area contributed by atoms with Crippen LogP contribution < -0.4 is 4.84 Å². The van der Waals surface area contributed by atoms with E-state index < -0.39 is 0 Å². The average molecular weight is 132 g/mol. The summed E-state index contributed by atoms with van der Waals surface area (Å²) in [5, 5.41) is 3.90. The van der Waals surface area contributed by atoms with Gasteiger partial charge in [-0.05, 0) is 0 Å². The van der Waals surface area contributed by atoms with Crippen LogP contribution in [0.15, 0.2) is 12.3 Å². The number of nitrogens with one attached hydrogen (secondary N) is 1. The van der Waals surface area contributed by atoms with Gasteiger partial charge >= 0.3 is 0 Å². The van der Waals surface area contributed by atoms with Gasteiger partial charge in [0.2, 0.25) is 0 Å². The summed E-state index contributed by atoms with van der Waals surface area (Å²) in [5.41, 5.74) is 0. The Kier molecular flexibility index (Phi) is 1.39. The van der Waals surface area contributed by atoms with Gasteiger partial charge in [-0.25, -0.2) is 0 Å². The Bertz CT molecular complexity index is 172. The number of hydrogen-bond acceptors (Lipinski definition) is 2. The van der Waals surface area contributed by atoms with Gasteiger partial charge < -0.3 is 0 Å². The molecule has 0 fully saturated rings. The highest BCUT2D eigenvalue weighted by molar-refractivity contribution is 6.23. The molecule has 0 aliphatic rings. The summed E-state index contributed by atoms with van der Waals surface area (Å²) in [6, 6.07) is 1.78. The number of hydrogen-bond donors (Lipinski definition) is 1. The van der Waals surface area contributed by atoms with Crippen LogP contribution in [0.1, 0.15) is 0 Å². The molecule has 0 aliphatic heterocycles. The first-order valence-electron chi connectivity index (χ1n) is 2.19. The molecule has 0 unspecified atom stereocenters. The Morgan fingerprint density at radius 1 is 1.88 bits per heavy atom. The Hall–Kier alpha value is -0.700. The number of aromatic nitrogens is 2. The van der Waals surface area contributed by atoms with Gasteiger partial charge in [-0.15, -0.1) is 0 Å². The maximum Gasteiger partial charge on any atom is 0.162 e. The summed E-state index contributed by atoms with van der Waals surface area (Å²) >= 11 is 5.21. The van der Waals surface area contributed by atoms with E-state index in [4.69, 9.17) is 11.8 Å². The Morgan fingerprint density at radius 2 is 2.62 bits per heavy atom. The highest BCUT2D eigenvalue weighted by Crippen LogP contribution is 2.00.